The van der Waals surface area contributed by atoms with Crippen molar-refractivity contribution >= 4 is 0 Å². The number of likely N-dealkylation sites (N-methyl/N-ethyl adjacent to an activating group) is 1. The number of hydrogen-bond donors (Lipinski definition) is 1. The van der Waals surface area contributed by atoms with Gasteiger partial charge in [0, 0.05) is 18.6 Å². The van der Waals surface area contributed by atoms with E-state index in [1.54, 1.807) is 6.07 Å². The topological polar surface area (TPSA) is 29.3 Å². The Labute approximate surface area is 108 Å². The molecule has 0 saturated carbocycles. The Bertz CT molecular complexity index is 389. The fourth-order valence-electron chi connectivity index (χ4n) is 2.04. The molecule has 0 aliphatic carbocycles. The van der Waals surface area contributed by atoms with E-state index in [2.05, 4.69) is 18.7 Å². The lowest BCUT2D eigenvalue weighted by molar-refractivity contribution is 0.104. The molecule has 0 saturated heterocycles. The third-order valence-corrected chi connectivity index (χ3v) is 3.70. The molecule has 1 rings (SSSR count). The van der Waals surface area contributed by atoms with Crippen molar-refractivity contribution in [2.24, 2.45) is 5.73 Å². The molecule has 1 atom stereocenters. The summed E-state index contributed by atoms with van der Waals surface area (Å²) in [5, 5.41) is 0. The van der Waals surface area contributed by atoms with Crippen LogP contribution in [0.1, 0.15) is 32.8 Å². The van der Waals surface area contributed by atoms with Gasteiger partial charge in [0.2, 0.25) is 0 Å². The maximum Gasteiger partial charge on any atom is 0.159 e. The molecule has 0 spiro atoms. The molecule has 0 aromatic heterocycles. The normalized spacial score (nSPS) is 14.8. The Kier molecular flexibility index (Phi) is 5.23. The second-order valence-electron chi connectivity index (χ2n) is 4.82. The van der Waals surface area contributed by atoms with Crippen molar-refractivity contribution in [1.29, 1.82) is 0 Å². The third-order valence-electron chi connectivity index (χ3n) is 3.70. The van der Waals surface area contributed by atoms with Crippen LogP contribution in [0, 0.1) is 11.6 Å². The van der Waals surface area contributed by atoms with Crippen LogP contribution in [-0.4, -0.2) is 23.5 Å². The summed E-state index contributed by atoms with van der Waals surface area (Å²) in [4.78, 5) is 2.19. The van der Waals surface area contributed by atoms with E-state index in [1.807, 2.05) is 6.92 Å². The van der Waals surface area contributed by atoms with E-state index in [-0.39, 0.29) is 5.54 Å². The molecule has 0 aliphatic heterocycles. The summed E-state index contributed by atoms with van der Waals surface area (Å²) in [6.45, 7) is 8.16. The highest BCUT2D eigenvalue weighted by Crippen LogP contribution is 2.21. The van der Waals surface area contributed by atoms with Gasteiger partial charge in [-0.05, 0) is 37.6 Å². The Morgan fingerprint density at radius 2 is 1.89 bits per heavy atom. The van der Waals surface area contributed by atoms with Crippen LogP contribution in [-0.2, 0) is 6.54 Å². The Hall–Kier alpha value is -1.00. The third kappa shape index (κ3) is 3.27. The minimum Gasteiger partial charge on any atom is -0.329 e. The molecule has 0 bridgehead atoms. The molecule has 0 radical (unpaired) electrons. The lowest BCUT2D eigenvalue weighted by atomic mass is 9.95. The summed E-state index contributed by atoms with van der Waals surface area (Å²) < 4.78 is 26.1. The number of hydrogen-bond acceptors (Lipinski definition) is 2. The van der Waals surface area contributed by atoms with Crippen LogP contribution >= 0.6 is 0 Å². The van der Waals surface area contributed by atoms with Crippen molar-refractivity contribution in [3.8, 4) is 0 Å². The van der Waals surface area contributed by atoms with Gasteiger partial charge in [-0.1, -0.05) is 19.9 Å². The molecule has 102 valence electrons. The average Bonchev–Trinajstić information content (AvgIpc) is 2.39. The molecule has 1 aromatic carbocycles. The van der Waals surface area contributed by atoms with Crippen LogP contribution in [0.25, 0.3) is 0 Å². The summed E-state index contributed by atoms with van der Waals surface area (Å²) in [5.41, 5.74) is 6.48. The van der Waals surface area contributed by atoms with Crippen molar-refractivity contribution in [3.63, 3.8) is 0 Å². The van der Waals surface area contributed by atoms with Gasteiger partial charge in [0.1, 0.15) is 0 Å². The molecule has 0 aliphatic rings. The van der Waals surface area contributed by atoms with Crippen LogP contribution in [0.2, 0.25) is 0 Å². The van der Waals surface area contributed by atoms with Crippen molar-refractivity contribution < 1.29 is 8.78 Å². The summed E-state index contributed by atoms with van der Waals surface area (Å²) in [5.74, 6) is -1.60. The molecule has 1 aromatic rings. The summed E-state index contributed by atoms with van der Waals surface area (Å²) in [7, 11) is 0. The number of nitrogens with zero attached hydrogens (tertiary/aromatic N) is 1. The van der Waals surface area contributed by atoms with Crippen LogP contribution in [0.5, 0.6) is 0 Å². The van der Waals surface area contributed by atoms with Gasteiger partial charge in [0.25, 0.3) is 0 Å². The predicted octanol–water partition coefficient (Wildman–Crippen LogP) is 2.91. The lowest BCUT2D eigenvalue weighted by Crippen LogP contribution is -2.50. The zero-order valence-corrected chi connectivity index (χ0v) is 11.3. The average molecular weight is 256 g/mol. The number of nitrogens with two attached hydrogens (primary N) is 1. The quantitative estimate of drug-likeness (QED) is 0.848. The van der Waals surface area contributed by atoms with Crippen LogP contribution in [0.4, 0.5) is 8.78 Å². The lowest BCUT2D eigenvalue weighted by Gasteiger charge is -2.39. The fourth-order valence-corrected chi connectivity index (χ4v) is 2.04. The van der Waals surface area contributed by atoms with Gasteiger partial charge in [0.05, 0.1) is 0 Å². The Morgan fingerprint density at radius 3 is 2.33 bits per heavy atom. The SMILES string of the molecule is CCN(Cc1ccc(F)c(F)c1)C(C)(CC)CN. The van der Waals surface area contributed by atoms with Gasteiger partial charge < -0.3 is 5.73 Å². The van der Waals surface area contributed by atoms with Gasteiger partial charge in [-0.3, -0.25) is 4.90 Å². The van der Waals surface area contributed by atoms with Gasteiger partial charge in [-0.15, -0.1) is 0 Å². The largest absolute Gasteiger partial charge is 0.329 e. The van der Waals surface area contributed by atoms with E-state index in [4.69, 9.17) is 5.73 Å². The van der Waals surface area contributed by atoms with Gasteiger partial charge in [-0.25, -0.2) is 8.78 Å². The first-order chi connectivity index (χ1) is 8.46. The van der Waals surface area contributed by atoms with Gasteiger partial charge >= 0.3 is 0 Å². The monoisotopic (exact) mass is 256 g/mol. The Balaban J connectivity index is 2.88. The maximum absolute atomic E-state index is 13.2. The molecular weight excluding hydrogens is 234 g/mol. The minimum atomic E-state index is -0.807. The highest BCUT2D eigenvalue weighted by Gasteiger charge is 2.27. The highest BCUT2D eigenvalue weighted by molar-refractivity contribution is 5.18. The first-order valence-corrected chi connectivity index (χ1v) is 6.36. The van der Waals surface area contributed by atoms with E-state index in [1.165, 1.54) is 12.1 Å². The summed E-state index contributed by atoms with van der Waals surface area (Å²) >= 11 is 0. The highest BCUT2D eigenvalue weighted by atomic mass is 19.2. The number of benzene rings is 1. The molecule has 2 nitrogen and oxygen atoms in total. The van der Waals surface area contributed by atoms with Crippen LogP contribution in [0.15, 0.2) is 18.2 Å². The smallest absolute Gasteiger partial charge is 0.159 e. The number of rotatable bonds is 6. The minimum absolute atomic E-state index is 0.111. The van der Waals surface area contributed by atoms with E-state index in [9.17, 15) is 8.78 Å². The molecule has 2 N–H and O–H groups in total. The first kappa shape index (κ1) is 15.1. The summed E-state index contributed by atoms with van der Waals surface area (Å²) in [6, 6.07) is 4.04. The standard InChI is InChI=1S/C14H22F2N2/c1-4-14(3,10-17)18(5-2)9-11-6-7-12(15)13(16)8-11/h6-8H,4-5,9-10,17H2,1-3H3. The molecule has 4 heteroatoms. The predicted molar refractivity (Wildman–Crippen MR) is 70.2 cm³/mol. The molecule has 0 fully saturated rings. The van der Waals surface area contributed by atoms with E-state index in [0.29, 0.717) is 13.1 Å². The van der Waals surface area contributed by atoms with Crippen LogP contribution < -0.4 is 5.73 Å². The second kappa shape index (κ2) is 6.25. The molecule has 18 heavy (non-hydrogen) atoms. The molecule has 0 amide bonds. The van der Waals surface area contributed by atoms with Crippen molar-refractivity contribution in [2.75, 3.05) is 13.1 Å². The second-order valence-corrected chi connectivity index (χ2v) is 4.82. The van der Waals surface area contributed by atoms with Gasteiger partial charge in [0.15, 0.2) is 11.6 Å². The van der Waals surface area contributed by atoms with E-state index < -0.39 is 11.6 Å². The van der Waals surface area contributed by atoms with Crippen molar-refractivity contribution in [2.45, 2.75) is 39.3 Å². The first-order valence-electron chi connectivity index (χ1n) is 6.36. The fraction of sp³-hybridized carbons (Fsp3) is 0.571. The van der Waals surface area contributed by atoms with Gasteiger partial charge in [-0.2, -0.15) is 0 Å². The summed E-state index contributed by atoms with van der Waals surface area (Å²) in [6.07, 6.45) is 0.918. The zero-order valence-electron chi connectivity index (χ0n) is 11.3. The molecular formula is C14H22F2N2. The van der Waals surface area contributed by atoms with E-state index >= 15 is 0 Å². The van der Waals surface area contributed by atoms with Crippen molar-refractivity contribution in [1.82, 2.24) is 4.90 Å². The molecule has 1 unspecified atom stereocenters. The Morgan fingerprint density at radius 1 is 1.22 bits per heavy atom. The number of halogens is 2. The van der Waals surface area contributed by atoms with E-state index in [0.717, 1.165) is 18.5 Å². The van der Waals surface area contributed by atoms with Crippen LogP contribution in [0.3, 0.4) is 0 Å². The zero-order chi connectivity index (χ0) is 13.8. The maximum atomic E-state index is 13.2. The van der Waals surface area contributed by atoms with Crippen molar-refractivity contribution in [3.05, 3.63) is 35.4 Å². The molecule has 0 heterocycles.